The smallest absolute Gasteiger partial charge is 0.261 e. The molecule has 2 aromatic rings. The molecule has 3 N–H and O–H groups in total. The number of carbonyl (C=O) groups is 1. The van der Waals surface area contributed by atoms with Gasteiger partial charge in [-0.15, -0.1) is 12.4 Å². The van der Waals surface area contributed by atoms with E-state index in [2.05, 4.69) is 4.98 Å². The minimum Gasteiger partial charge on any atom is -0.378 e. The van der Waals surface area contributed by atoms with E-state index in [4.69, 9.17) is 10.5 Å². The molecule has 1 aromatic carbocycles. The molecule has 1 aromatic heterocycles. The number of rotatable bonds is 6. The first-order valence-corrected chi connectivity index (χ1v) is 9.08. The van der Waals surface area contributed by atoms with Crippen LogP contribution in [-0.4, -0.2) is 48.1 Å². The van der Waals surface area contributed by atoms with Crippen molar-refractivity contribution in [3.05, 3.63) is 58.4 Å². The average Bonchev–Trinajstić information content (AvgIpc) is 2.69. The van der Waals surface area contributed by atoms with Gasteiger partial charge in [0, 0.05) is 25.4 Å². The topological polar surface area (TPSA) is 88.4 Å². The number of ether oxygens (including phenoxy) is 1. The average molecular weight is 392 g/mol. The SMILES string of the molecule is Cl.NCCCOC1CCN(C(=O)c2ccc(-c3ccccc3)[nH]c2=O)CC1. The number of nitrogens with zero attached hydrogens (tertiary/aromatic N) is 1. The Labute approximate surface area is 165 Å². The van der Waals surface area contributed by atoms with Crippen LogP contribution in [-0.2, 0) is 4.74 Å². The lowest BCUT2D eigenvalue weighted by atomic mass is 10.1. The molecule has 2 heterocycles. The van der Waals surface area contributed by atoms with Crippen LogP contribution in [0.1, 0.15) is 29.6 Å². The predicted octanol–water partition coefficient (Wildman–Crippen LogP) is 2.43. The van der Waals surface area contributed by atoms with E-state index in [-0.39, 0.29) is 35.5 Å². The van der Waals surface area contributed by atoms with Crippen molar-refractivity contribution < 1.29 is 9.53 Å². The van der Waals surface area contributed by atoms with E-state index in [1.165, 1.54) is 0 Å². The second-order valence-corrected chi connectivity index (χ2v) is 6.49. The monoisotopic (exact) mass is 391 g/mol. The number of likely N-dealkylation sites (tertiary alicyclic amines) is 1. The summed E-state index contributed by atoms with van der Waals surface area (Å²) in [5.74, 6) is -0.216. The molecule has 7 heteroatoms. The molecule has 0 radical (unpaired) electrons. The Bertz CT molecular complexity index is 787. The number of pyridine rings is 1. The highest BCUT2D eigenvalue weighted by molar-refractivity contribution is 5.94. The molecule has 1 fully saturated rings. The van der Waals surface area contributed by atoms with Crippen LogP contribution in [0.25, 0.3) is 11.3 Å². The van der Waals surface area contributed by atoms with Crippen molar-refractivity contribution in [1.29, 1.82) is 0 Å². The van der Waals surface area contributed by atoms with Gasteiger partial charge in [-0.1, -0.05) is 30.3 Å². The van der Waals surface area contributed by atoms with Crippen LogP contribution in [0.2, 0.25) is 0 Å². The molecular weight excluding hydrogens is 366 g/mol. The third kappa shape index (κ3) is 5.42. The maximum atomic E-state index is 12.7. The number of aromatic amines is 1. The molecule has 1 amide bonds. The number of nitrogens with two attached hydrogens (primary N) is 1. The lowest BCUT2D eigenvalue weighted by Gasteiger charge is -2.31. The number of nitrogens with one attached hydrogen (secondary N) is 1. The molecule has 27 heavy (non-hydrogen) atoms. The molecule has 6 nitrogen and oxygen atoms in total. The highest BCUT2D eigenvalue weighted by atomic mass is 35.5. The zero-order chi connectivity index (χ0) is 18.4. The standard InChI is InChI=1S/C20H25N3O3.ClH/c21-11-4-14-26-16-9-12-23(13-10-16)20(25)17-7-8-18(22-19(17)24)15-5-2-1-3-6-15;/h1-3,5-8,16H,4,9-14,21H2,(H,22,24);1H. The summed E-state index contributed by atoms with van der Waals surface area (Å²) in [5.41, 5.74) is 6.93. The predicted molar refractivity (Wildman–Crippen MR) is 108 cm³/mol. The molecule has 0 saturated carbocycles. The molecule has 0 aliphatic carbocycles. The lowest BCUT2D eigenvalue weighted by molar-refractivity contribution is 0.00840. The molecule has 0 bridgehead atoms. The van der Waals surface area contributed by atoms with E-state index in [0.717, 1.165) is 24.8 Å². The van der Waals surface area contributed by atoms with Crippen LogP contribution in [0.4, 0.5) is 0 Å². The van der Waals surface area contributed by atoms with Crippen molar-refractivity contribution >= 4 is 18.3 Å². The number of hydrogen-bond donors (Lipinski definition) is 2. The van der Waals surface area contributed by atoms with Gasteiger partial charge in [-0.2, -0.15) is 0 Å². The third-order valence-electron chi connectivity index (χ3n) is 4.66. The highest BCUT2D eigenvalue weighted by Crippen LogP contribution is 2.18. The summed E-state index contributed by atoms with van der Waals surface area (Å²) in [6, 6.07) is 13.0. The zero-order valence-electron chi connectivity index (χ0n) is 15.2. The van der Waals surface area contributed by atoms with Crippen molar-refractivity contribution in [2.24, 2.45) is 5.73 Å². The van der Waals surface area contributed by atoms with Gasteiger partial charge in [0.15, 0.2) is 0 Å². The quantitative estimate of drug-likeness (QED) is 0.740. The van der Waals surface area contributed by atoms with E-state index >= 15 is 0 Å². The number of benzene rings is 1. The van der Waals surface area contributed by atoms with E-state index in [9.17, 15) is 9.59 Å². The van der Waals surface area contributed by atoms with Crippen LogP contribution >= 0.6 is 12.4 Å². The van der Waals surface area contributed by atoms with Gasteiger partial charge in [0.2, 0.25) is 0 Å². The summed E-state index contributed by atoms with van der Waals surface area (Å²) in [6.45, 7) is 2.49. The largest absolute Gasteiger partial charge is 0.378 e. The number of halogens is 1. The Kier molecular flexibility index (Phi) is 8.03. The number of amides is 1. The van der Waals surface area contributed by atoms with Gasteiger partial charge in [0.25, 0.3) is 11.5 Å². The van der Waals surface area contributed by atoms with E-state index in [0.29, 0.717) is 31.9 Å². The van der Waals surface area contributed by atoms with Gasteiger partial charge in [0.05, 0.1) is 6.10 Å². The summed E-state index contributed by atoms with van der Waals surface area (Å²) in [5, 5.41) is 0. The molecule has 0 spiro atoms. The first-order chi connectivity index (χ1) is 12.7. The Morgan fingerprint density at radius 3 is 2.48 bits per heavy atom. The fourth-order valence-corrected chi connectivity index (χ4v) is 3.16. The van der Waals surface area contributed by atoms with Crippen molar-refractivity contribution in [2.45, 2.75) is 25.4 Å². The highest BCUT2D eigenvalue weighted by Gasteiger charge is 2.25. The minimum absolute atomic E-state index is 0. The van der Waals surface area contributed by atoms with Crippen molar-refractivity contribution in [3.63, 3.8) is 0 Å². The maximum Gasteiger partial charge on any atom is 0.261 e. The third-order valence-corrected chi connectivity index (χ3v) is 4.66. The van der Waals surface area contributed by atoms with E-state index < -0.39 is 0 Å². The second-order valence-electron chi connectivity index (χ2n) is 6.49. The molecule has 1 saturated heterocycles. The van der Waals surface area contributed by atoms with Crippen molar-refractivity contribution in [2.75, 3.05) is 26.2 Å². The summed E-state index contributed by atoms with van der Waals surface area (Å²) in [4.78, 5) is 29.6. The van der Waals surface area contributed by atoms with Gasteiger partial charge in [-0.3, -0.25) is 9.59 Å². The van der Waals surface area contributed by atoms with Crippen LogP contribution in [0, 0.1) is 0 Å². The number of carbonyl (C=O) groups excluding carboxylic acids is 1. The van der Waals surface area contributed by atoms with Gasteiger partial charge < -0.3 is 20.4 Å². The fraction of sp³-hybridized carbons (Fsp3) is 0.400. The number of H-pyrrole nitrogens is 1. The molecule has 1 aliphatic heterocycles. The first kappa shape index (κ1) is 21.2. The van der Waals surface area contributed by atoms with E-state index in [1.807, 2.05) is 30.3 Å². The van der Waals surface area contributed by atoms with Crippen molar-refractivity contribution in [3.8, 4) is 11.3 Å². The summed E-state index contributed by atoms with van der Waals surface area (Å²) >= 11 is 0. The number of piperidine rings is 1. The van der Waals surface area contributed by atoms with Crippen LogP contribution in [0.5, 0.6) is 0 Å². The Morgan fingerprint density at radius 2 is 1.85 bits per heavy atom. The molecule has 0 unspecified atom stereocenters. The molecule has 3 rings (SSSR count). The van der Waals surface area contributed by atoms with Crippen LogP contribution in [0.3, 0.4) is 0 Å². The molecule has 0 atom stereocenters. The fourth-order valence-electron chi connectivity index (χ4n) is 3.16. The number of hydrogen-bond acceptors (Lipinski definition) is 4. The summed E-state index contributed by atoms with van der Waals surface area (Å²) < 4.78 is 5.76. The van der Waals surface area contributed by atoms with Crippen LogP contribution in [0.15, 0.2) is 47.3 Å². The summed E-state index contributed by atoms with van der Waals surface area (Å²) in [6.07, 6.45) is 2.60. The molecule has 1 aliphatic rings. The normalized spacial score (nSPS) is 14.6. The van der Waals surface area contributed by atoms with Crippen molar-refractivity contribution in [1.82, 2.24) is 9.88 Å². The zero-order valence-corrected chi connectivity index (χ0v) is 16.0. The summed E-state index contributed by atoms with van der Waals surface area (Å²) in [7, 11) is 0. The Hall–Kier alpha value is -2.15. The molecular formula is C20H26ClN3O3. The van der Waals surface area contributed by atoms with Crippen LogP contribution < -0.4 is 11.3 Å². The number of aromatic nitrogens is 1. The van der Waals surface area contributed by atoms with Gasteiger partial charge in [-0.25, -0.2) is 0 Å². The second kappa shape index (κ2) is 10.3. The van der Waals surface area contributed by atoms with Gasteiger partial charge >= 0.3 is 0 Å². The maximum absolute atomic E-state index is 12.7. The van der Waals surface area contributed by atoms with Gasteiger partial charge in [0.1, 0.15) is 5.56 Å². The van der Waals surface area contributed by atoms with E-state index in [1.54, 1.807) is 17.0 Å². The first-order valence-electron chi connectivity index (χ1n) is 9.08. The molecule has 146 valence electrons. The lowest BCUT2D eigenvalue weighted by Crippen LogP contribution is -2.42. The Morgan fingerprint density at radius 1 is 1.15 bits per heavy atom. The Balaban J connectivity index is 0.00000261. The van der Waals surface area contributed by atoms with Gasteiger partial charge in [-0.05, 0) is 43.5 Å². The minimum atomic E-state index is -0.349.